The van der Waals surface area contributed by atoms with Crippen LogP contribution in [0, 0.1) is 11.8 Å². The zero-order valence-corrected chi connectivity index (χ0v) is 17.1. The summed E-state index contributed by atoms with van der Waals surface area (Å²) in [6.07, 6.45) is 1.86. The molecule has 1 fully saturated rings. The Morgan fingerprint density at radius 1 is 1.20 bits per heavy atom. The fraction of sp³-hybridized carbons (Fsp3) is 0.579. The number of carboxylic acids is 1. The minimum absolute atomic E-state index is 0.0676. The molecule has 162 valence electrons. The monoisotopic (exact) mass is 417 g/mol. The van der Waals surface area contributed by atoms with Crippen molar-refractivity contribution in [2.24, 2.45) is 0 Å². The van der Waals surface area contributed by atoms with E-state index in [1.807, 2.05) is 4.90 Å². The smallest absolute Gasteiger partial charge is 0.328 e. The molecule has 11 nitrogen and oxygen atoms in total. The summed E-state index contributed by atoms with van der Waals surface area (Å²) in [7, 11) is 0. The third kappa shape index (κ3) is 5.49. The maximum atomic E-state index is 12.3. The highest BCUT2D eigenvalue weighted by atomic mass is 16.5. The van der Waals surface area contributed by atoms with Crippen LogP contribution >= 0.6 is 0 Å². The lowest BCUT2D eigenvalue weighted by atomic mass is 10.3. The molecule has 0 saturated carbocycles. The van der Waals surface area contributed by atoms with Crippen LogP contribution in [0.25, 0.3) is 11.2 Å². The third-order valence-electron chi connectivity index (χ3n) is 4.85. The van der Waals surface area contributed by atoms with Gasteiger partial charge in [0, 0.05) is 26.2 Å². The van der Waals surface area contributed by atoms with Crippen LogP contribution in [-0.2, 0) is 11.3 Å². The summed E-state index contributed by atoms with van der Waals surface area (Å²) >= 11 is 0. The first-order chi connectivity index (χ1) is 14.5. The van der Waals surface area contributed by atoms with Crippen LogP contribution < -0.4 is 16.2 Å². The van der Waals surface area contributed by atoms with Crippen LogP contribution in [0.15, 0.2) is 4.79 Å². The summed E-state index contributed by atoms with van der Waals surface area (Å²) in [5.74, 6) is 5.43. The first kappa shape index (κ1) is 21.6. The average molecular weight is 417 g/mol. The van der Waals surface area contributed by atoms with E-state index >= 15 is 0 Å². The Morgan fingerprint density at radius 3 is 2.60 bits per heavy atom. The normalized spacial score (nSPS) is 15.1. The SMILES string of the molecule is CCCCOc1nc(N)c2[nH]c(=O)n(CC#CCN3CCN(CC(=O)O)CC3)c2n1. The predicted molar refractivity (Wildman–Crippen MR) is 111 cm³/mol. The van der Waals surface area contributed by atoms with Crippen LogP contribution in [0.5, 0.6) is 6.01 Å². The number of ether oxygens (including phenoxy) is 1. The summed E-state index contributed by atoms with van der Waals surface area (Å²) in [5.41, 5.74) is 6.33. The molecule has 1 saturated heterocycles. The van der Waals surface area contributed by atoms with E-state index in [4.69, 9.17) is 15.6 Å². The van der Waals surface area contributed by atoms with Gasteiger partial charge in [0.15, 0.2) is 11.5 Å². The van der Waals surface area contributed by atoms with Gasteiger partial charge in [0.25, 0.3) is 0 Å². The summed E-state index contributed by atoms with van der Waals surface area (Å²) < 4.78 is 6.94. The first-order valence-electron chi connectivity index (χ1n) is 9.99. The van der Waals surface area contributed by atoms with Gasteiger partial charge in [-0.1, -0.05) is 25.2 Å². The number of unbranched alkanes of at least 4 members (excludes halogenated alkanes) is 1. The number of hydrogen-bond acceptors (Lipinski definition) is 8. The van der Waals surface area contributed by atoms with Crippen molar-refractivity contribution in [3.05, 3.63) is 10.5 Å². The molecule has 3 heterocycles. The van der Waals surface area contributed by atoms with Gasteiger partial charge in [-0.25, -0.2) is 4.79 Å². The largest absolute Gasteiger partial charge is 0.480 e. The van der Waals surface area contributed by atoms with E-state index in [1.165, 1.54) is 4.57 Å². The lowest BCUT2D eigenvalue weighted by molar-refractivity contribution is -0.138. The van der Waals surface area contributed by atoms with Crippen molar-refractivity contribution < 1.29 is 14.6 Å². The molecule has 1 aliphatic heterocycles. The van der Waals surface area contributed by atoms with E-state index in [2.05, 4.69) is 38.6 Å². The predicted octanol–water partition coefficient (Wildman–Crippen LogP) is -0.414. The quantitative estimate of drug-likeness (QED) is 0.386. The van der Waals surface area contributed by atoms with Crippen molar-refractivity contribution in [2.45, 2.75) is 26.3 Å². The zero-order valence-electron chi connectivity index (χ0n) is 17.1. The van der Waals surface area contributed by atoms with Crippen LogP contribution in [0.3, 0.4) is 0 Å². The number of hydrogen-bond donors (Lipinski definition) is 3. The summed E-state index contributed by atoms with van der Waals surface area (Å²) in [5, 5.41) is 8.85. The highest BCUT2D eigenvalue weighted by Gasteiger charge is 2.18. The number of fused-ring (bicyclic) bond motifs is 1. The van der Waals surface area contributed by atoms with E-state index in [0.717, 1.165) is 25.9 Å². The fourth-order valence-corrected chi connectivity index (χ4v) is 3.15. The van der Waals surface area contributed by atoms with E-state index in [1.54, 1.807) is 0 Å². The van der Waals surface area contributed by atoms with Gasteiger partial charge in [0.05, 0.1) is 26.2 Å². The number of aliphatic carboxylic acids is 1. The minimum atomic E-state index is -0.809. The molecule has 0 aromatic carbocycles. The second-order valence-corrected chi connectivity index (χ2v) is 7.11. The fourth-order valence-electron chi connectivity index (χ4n) is 3.15. The number of aromatic nitrogens is 4. The Hall–Kier alpha value is -3.10. The minimum Gasteiger partial charge on any atom is -0.480 e. The number of carboxylic acid groups (broad SMARTS) is 1. The number of aromatic amines is 1. The number of piperazine rings is 1. The van der Waals surface area contributed by atoms with Crippen molar-refractivity contribution in [3.8, 4) is 17.9 Å². The molecular formula is C19H27N7O4. The van der Waals surface area contributed by atoms with Gasteiger partial charge < -0.3 is 20.6 Å². The van der Waals surface area contributed by atoms with E-state index in [-0.39, 0.29) is 30.6 Å². The van der Waals surface area contributed by atoms with Gasteiger partial charge in [-0.05, 0) is 6.42 Å². The maximum absolute atomic E-state index is 12.3. The molecule has 11 heteroatoms. The van der Waals surface area contributed by atoms with Crippen molar-refractivity contribution in [2.75, 3.05) is 51.6 Å². The summed E-state index contributed by atoms with van der Waals surface area (Å²) in [4.78, 5) is 38.2. The van der Waals surface area contributed by atoms with E-state index in [0.29, 0.717) is 37.4 Å². The molecule has 0 unspecified atom stereocenters. The van der Waals surface area contributed by atoms with E-state index < -0.39 is 5.97 Å². The average Bonchev–Trinajstić information content (AvgIpc) is 3.02. The van der Waals surface area contributed by atoms with Crippen LogP contribution in [0.1, 0.15) is 19.8 Å². The lowest BCUT2D eigenvalue weighted by Crippen LogP contribution is -2.47. The number of H-pyrrole nitrogens is 1. The molecule has 0 amide bonds. The standard InChI is InChI=1S/C19H27N7O4/c1-2-3-12-30-18-22-16(20)15-17(23-18)26(19(29)21-15)7-5-4-6-24-8-10-25(11-9-24)13-14(27)28/h2-3,6-13H2,1H3,(H,21,29)(H,27,28)(H2,20,22,23). The van der Waals surface area contributed by atoms with Crippen molar-refractivity contribution in [3.63, 3.8) is 0 Å². The molecule has 0 atom stereocenters. The molecule has 0 spiro atoms. The maximum Gasteiger partial charge on any atom is 0.328 e. The molecule has 0 radical (unpaired) electrons. The van der Waals surface area contributed by atoms with Crippen LogP contribution in [0.4, 0.5) is 5.82 Å². The Bertz CT molecular complexity index is 996. The van der Waals surface area contributed by atoms with Gasteiger partial charge in [-0.2, -0.15) is 9.97 Å². The topological polar surface area (TPSA) is 143 Å². The number of imidazole rings is 1. The molecule has 2 aromatic rings. The van der Waals surface area contributed by atoms with E-state index in [9.17, 15) is 9.59 Å². The number of nitrogens with two attached hydrogens (primary N) is 1. The molecule has 1 aliphatic rings. The Balaban J connectivity index is 1.62. The number of carbonyl (C=O) groups is 1. The molecule has 0 aliphatic carbocycles. The molecular weight excluding hydrogens is 390 g/mol. The van der Waals surface area contributed by atoms with Crippen molar-refractivity contribution >= 4 is 23.0 Å². The summed E-state index contributed by atoms with van der Waals surface area (Å²) in [6.45, 7) is 6.26. The Morgan fingerprint density at radius 2 is 1.90 bits per heavy atom. The second kappa shape index (κ2) is 10.1. The molecule has 0 bridgehead atoms. The molecule has 2 aromatic heterocycles. The number of nitrogens with zero attached hydrogens (tertiary/aromatic N) is 5. The van der Waals surface area contributed by atoms with Crippen LogP contribution in [0.2, 0.25) is 0 Å². The molecule has 30 heavy (non-hydrogen) atoms. The second-order valence-electron chi connectivity index (χ2n) is 7.11. The Labute approximate surface area is 173 Å². The zero-order chi connectivity index (χ0) is 21.5. The van der Waals surface area contributed by atoms with Crippen LogP contribution in [-0.4, -0.2) is 86.3 Å². The molecule has 4 N–H and O–H groups in total. The van der Waals surface area contributed by atoms with Gasteiger partial charge in [0.1, 0.15) is 5.52 Å². The van der Waals surface area contributed by atoms with Gasteiger partial charge in [-0.15, -0.1) is 0 Å². The summed E-state index contributed by atoms with van der Waals surface area (Å²) in [6, 6.07) is 0.147. The highest BCUT2D eigenvalue weighted by Crippen LogP contribution is 2.17. The Kier molecular flexibility index (Phi) is 7.26. The third-order valence-corrected chi connectivity index (χ3v) is 4.85. The van der Waals surface area contributed by atoms with Gasteiger partial charge >= 0.3 is 17.7 Å². The number of rotatable bonds is 8. The van der Waals surface area contributed by atoms with Gasteiger partial charge in [0.2, 0.25) is 0 Å². The first-order valence-corrected chi connectivity index (χ1v) is 9.99. The van der Waals surface area contributed by atoms with Crippen molar-refractivity contribution in [1.82, 2.24) is 29.3 Å². The van der Waals surface area contributed by atoms with Crippen molar-refractivity contribution in [1.29, 1.82) is 0 Å². The number of nitrogens with one attached hydrogen (secondary N) is 1. The number of nitrogen functional groups attached to an aromatic ring is 1. The number of anilines is 1. The van der Waals surface area contributed by atoms with Gasteiger partial charge in [-0.3, -0.25) is 19.2 Å². The highest BCUT2D eigenvalue weighted by molar-refractivity contribution is 5.81. The molecule has 3 rings (SSSR count). The lowest BCUT2D eigenvalue weighted by Gasteiger charge is -2.32.